The monoisotopic (exact) mass is 261 g/mol. The summed E-state index contributed by atoms with van der Waals surface area (Å²) in [6, 6.07) is 12.3. The molecule has 0 radical (unpaired) electrons. The molecular formula is C15H19NOS. The van der Waals surface area contributed by atoms with Gasteiger partial charge in [-0.25, -0.2) is 0 Å². The highest BCUT2D eigenvalue weighted by Gasteiger charge is 2.11. The van der Waals surface area contributed by atoms with E-state index in [9.17, 15) is 0 Å². The smallest absolute Gasteiger partial charge is 0.119 e. The molecule has 0 saturated heterocycles. The maximum atomic E-state index is 6.28. The maximum absolute atomic E-state index is 6.28. The fraction of sp³-hybridized carbons (Fsp3) is 0.333. The SMILES string of the molecule is CCOc1ccc(C(N)c2ccc(CC)s2)cc1. The van der Waals surface area contributed by atoms with E-state index in [4.69, 9.17) is 10.5 Å². The van der Waals surface area contributed by atoms with E-state index in [2.05, 4.69) is 19.1 Å². The summed E-state index contributed by atoms with van der Waals surface area (Å²) in [7, 11) is 0. The topological polar surface area (TPSA) is 35.2 Å². The summed E-state index contributed by atoms with van der Waals surface area (Å²) in [5.41, 5.74) is 7.41. The summed E-state index contributed by atoms with van der Waals surface area (Å²) in [5.74, 6) is 0.897. The molecule has 3 heteroatoms. The van der Waals surface area contributed by atoms with Crippen molar-refractivity contribution in [2.75, 3.05) is 6.61 Å². The molecule has 0 fully saturated rings. The molecule has 96 valence electrons. The highest BCUT2D eigenvalue weighted by Crippen LogP contribution is 2.28. The van der Waals surface area contributed by atoms with Crippen molar-refractivity contribution >= 4 is 11.3 Å². The van der Waals surface area contributed by atoms with Gasteiger partial charge in [-0.15, -0.1) is 11.3 Å². The average Bonchev–Trinajstić information content (AvgIpc) is 2.88. The molecule has 1 aromatic heterocycles. The minimum absolute atomic E-state index is 0.0361. The molecular weight excluding hydrogens is 242 g/mol. The van der Waals surface area contributed by atoms with Crippen molar-refractivity contribution in [1.29, 1.82) is 0 Å². The van der Waals surface area contributed by atoms with Crippen molar-refractivity contribution in [2.45, 2.75) is 26.3 Å². The Morgan fingerprint density at radius 1 is 1.11 bits per heavy atom. The van der Waals surface area contributed by atoms with E-state index in [1.807, 2.05) is 31.2 Å². The van der Waals surface area contributed by atoms with Crippen molar-refractivity contribution in [2.24, 2.45) is 5.73 Å². The Morgan fingerprint density at radius 3 is 2.39 bits per heavy atom. The first kappa shape index (κ1) is 13.1. The van der Waals surface area contributed by atoms with Crippen molar-refractivity contribution in [3.8, 4) is 5.75 Å². The third-order valence-corrected chi connectivity index (χ3v) is 4.20. The summed E-state index contributed by atoms with van der Waals surface area (Å²) < 4.78 is 5.43. The first-order valence-corrected chi connectivity index (χ1v) is 7.13. The number of thiophene rings is 1. The van der Waals surface area contributed by atoms with Gasteiger partial charge in [0.25, 0.3) is 0 Å². The quantitative estimate of drug-likeness (QED) is 0.889. The summed E-state index contributed by atoms with van der Waals surface area (Å²) in [5, 5.41) is 0. The second kappa shape index (κ2) is 6.03. The van der Waals surface area contributed by atoms with Crippen LogP contribution in [0.2, 0.25) is 0 Å². The lowest BCUT2D eigenvalue weighted by atomic mass is 10.1. The molecule has 1 atom stereocenters. The fourth-order valence-corrected chi connectivity index (χ4v) is 2.84. The molecule has 1 unspecified atom stereocenters. The van der Waals surface area contributed by atoms with Gasteiger partial charge in [-0.1, -0.05) is 19.1 Å². The third kappa shape index (κ3) is 2.92. The van der Waals surface area contributed by atoms with Crippen LogP contribution in [0.1, 0.15) is 35.2 Å². The van der Waals surface area contributed by atoms with Crippen LogP contribution in [0.25, 0.3) is 0 Å². The van der Waals surface area contributed by atoms with Gasteiger partial charge in [0.1, 0.15) is 5.75 Å². The normalized spacial score (nSPS) is 12.4. The Bertz CT molecular complexity index is 489. The molecule has 0 bridgehead atoms. The van der Waals surface area contributed by atoms with Gasteiger partial charge in [0.05, 0.1) is 12.6 Å². The summed E-state index contributed by atoms with van der Waals surface area (Å²) in [6.07, 6.45) is 1.07. The average molecular weight is 261 g/mol. The molecule has 2 rings (SSSR count). The molecule has 0 aliphatic rings. The molecule has 0 amide bonds. The predicted octanol–water partition coefficient (Wildman–Crippen LogP) is 3.76. The second-order valence-corrected chi connectivity index (χ2v) is 5.34. The minimum atomic E-state index is -0.0361. The van der Waals surface area contributed by atoms with Gasteiger partial charge in [0.15, 0.2) is 0 Å². The molecule has 0 spiro atoms. The molecule has 0 aliphatic carbocycles. The number of ether oxygens (including phenoxy) is 1. The van der Waals surface area contributed by atoms with Gasteiger partial charge in [-0.05, 0) is 43.2 Å². The van der Waals surface area contributed by atoms with Crippen LogP contribution in [0, 0.1) is 0 Å². The lowest BCUT2D eigenvalue weighted by Gasteiger charge is -2.11. The number of hydrogen-bond donors (Lipinski definition) is 1. The van der Waals surface area contributed by atoms with Crippen LogP contribution < -0.4 is 10.5 Å². The molecule has 18 heavy (non-hydrogen) atoms. The van der Waals surface area contributed by atoms with Gasteiger partial charge < -0.3 is 10.5 Å². The van der Waals surface area contributed by atoms with Crippen molar-refractivity contribution in [3.05, 3.63) is 51.7 Å². The summed E-state index contributed by atoms with van der Waals surface area (Å²) >= 11 is 1.79. The van der Waals surface area contributed by atoms with E-state index >= 15 is 0 Å². The highest BCUT2D eigenvalue weighted by molar-refractivity contribution is 7.12. The van der Waals surface area contributed by atoms with Gasteiger partial charge >= 0.3 is 0 Å². The number of nitrogens with two attached hydrogens (primary N) is 1. The third-order valence-electron chi connectivity index (χ3n) is 2.89. The van der Waals surface area contributed by atoms with Crippen LogP contribution in [0.4, 0.5) is 0 Å². The van der Waals surface area contributed by atoms with E-state index in [1.54, 1.807) is 11.3 Å². The zero-order chi connectivity index (χ0) is 13.0. The van der Waals surface area contributed by atoms with E-state index in [-0.39, 0.29) is 6.04 Å². The van der Waals surface area contributed by atoms with Crippen molar-refractivity contribution in [1.82, 2.24) is 0 Å². The Hall–Kier alpha value is -1.32. The van der Waals surface area contributed by atoms with Gasteiger partial charge in [-0.3, -0.25) is 0 Å². The zero-order valence-electron chi connectivity index (χ0n) is 10.8. The van der Waals surface area contributed by atoms with Crippen LogP contribution in [0.5, 0.6) is 5.75 Å². The Morgan fingerprint density at radius 2 is 1.83 bits per heavy atom. The molecule has 0 aliphatic heterocycles. The maximum Gasteiger partial charge on any atom is 0.119 e. The lowest BCUT2D eigenvalue weighted by molar-refractivity contribution is 0.340. The molecule has 1 heterocycles. The second-order valence-electron chi connectivity index (χ2n) is 4.14. The first-order chi connectivity index (χ1) is 8.74. The molecule has 2 nitrogen and oxygen atoms in total. The van der Waals surface area contributed by atoms with Crippen LogP contribution in [-0.2, 0) is 6.42 Å². The van der Waals surface area contributed by atoms with Crippen LogP contribution >= 0.6 is 11.3 Å². The van der Waals surface area contributed by atoms with Crippen molar-refractivity contribution < 1.29 is 4.74 Å². The van der Waals surface area contributed by atoms with E-state index in [0.29, 0.717) is 6.61 Å². The Balaban J connectivity index is 2.14. The van der Waals surface area contributed by atoms with Crippen LogP contribution in [0.15, 0.2) is 36.4 Å². The molecule has 0 saturated carbocycles. The number of aryl methyl sites for hydroxylation is 1. The van der Waals surface area contributed by atoms with E-state index in [0.717, 1.165) is 17.7 Å². The Labute approximate surface area is 112 Å². The van der Waals surface area contributed by atoms with E-state index < -0.39 is 0 Å². The standard InChI is InChI=1S/C15H19NOS/c1-3-13-9-10-14(18-13)15(16)11-5-7-12(8-6-11)17-4-2/h5-10,15H,3-4,16H2,1-2H3. The number of benzene rings is 1. The first-order valence-electron chi connectivity index (χ1n) is 6.31. The number of hydrogen-bond acceptors (Lipinski definition) is 3. The molecule has 2 aromatic rings. The predicted molar refractivity (Wildman–Crippen MR) is 77.3 cm³/mol. The molecule has 2 N–H and O–H groups in total. The van der Waals surface area contributed by atoms with E-state index in [1.165, 1.54) is 9.75 Å². The molecule has 1 aromatic carbocycles. The van der Waals surface area contributed by atoms with Crippen LogP contribution in [0.3, 0.4) is 0 Å². The van der Waals surface area contributed by atoms with Gasteiger partial charge in [0, 0.05) is 9.75 Å². The summed E-state index contributed by atoms with van der Waals surface area (Å²) in [6.45, 7) is 4.84. The largest absolute Gasteiger partial charge is 0.494 e. The van der Waals surface area contributed by atoms with Crippen molar-refractivity contribution in [3.63, 3.8) is 0 Å². The van der Waals surface area contributed by atoms with Gasteiger partial charge in [0.2, 0.25) is 0 Å². The minimum Gasteiger partial charge on any atom is -0.494 e. The lowest BCUT2D eigenvalue weighted by Crippen LogP contribution is -2.09. The zero-order valence-corrected chi connectivity index (χ0v) is 11.7. The van der Waals surface area contributed by atoms with Crippen LogP contribution in [-0.4, -0.2) is 6.61 Å². The Kier molecular flexibility index (Phi) is 4.39. The summed E-state index contributed by atoms with van der Waals surface area (Å²) in [4.78, 5) is 2.60. The van der Waals surface area contributed by atoms with Gasteiger partial charge in [-0.2, -0.15) is 0 Å². The fourth-order valence-electron chi connectivity index (χ4n) is 1.85. The number of rotatable bonds is 5. The highest BCUT2D eigenvalue weighted by atomic mass is 32.1.